The average molecular weight is 392 g/mol. The normalized spacial score (nSPS) is 16.0. The van der Waals surface area contributed by atoms with Crippen molar-refractivity contribution in [2.45, 2.75) is 25.4 Å². The van der Waals surface area contributed by atoms with E-state index in [2.05, 4.69) is 14.4 Å². The van der Waals surface area contributed by atoms with E-state index in [-0.39, 0.29) is 17.7 Å². The molecule has 0 spiro atoms. The second kappa shape index (κ2) is 8.49. The fourth-order valence-corrected chi connectivity index (χ4v) is 3.46. The lowest BCUT2D eigenvalue weighted by molar-refractivity contribution is 0.0909. The molecule has 1 aliphatic heterocycles. The molecule has 2 aromatic carbocycles. The van der Waals surface area contributed by atoms with E-state index >= 15 is 0 Å². The van der Waals surface area contributed by atoms with Crippen LogP contribution in [0.5, 0.6) is 5.75 Å². The maximum atomic E-state index is 12.5. The lowest BCUT2D eigenvalue weighted by Crippen LogP contribution is -2.44. The van der Waals surface area contributed by atoms with Crippen LogP contribution in [0.2, 0.25) is 0 Å². The zero-order valence-corrected chi connectivity index (χ0v) is 15.5. The van der Waals surface area contributed by atoms with E-state index in [0.717, 1.165) is 31.5 Å². The van der Waals surface area contributed by atoms with Crippen molar-refractivity contribution in [3.05, 3.63) is 65.7 Å². The van der Waals surface area contributed by atoms with Crippen LogP contribution in [0.1, 0.15) is 28.8 Å². The van der Waals surface area contributed by atoms with Gasteiger partial charge in [0.15, 0.2) is 0 Å². The molecule has 1 fully saturated rings. The third-order valence-electron chi connectivity index (χ3n) is 4.48. The molecule has 6 nitrogen and oxygen atoms in total. The van der Waals surface area contributed by atoms with Gasteiger partial charge in [-0.15, -0.1) is 0 Å². The molecule has 1 heterocycles. The molecule has 1 saturated heterocycles. The first-order chi connectivity index (χ1) is 12.9. The number of benzene rings is 2. The molecule has 0 unspecified atom stereocenters. The van der Waals surface area contributed by atoms with Crippen molar-refractivity contribution in [1.29, 1.82) is 0 Å². The molecule has 0 aromatic heterocycles. The zero-order chi connectivity index (χ0) is 19.3. The van der Waals surface area contributed by atoms with Crippen molar-refractivity contribution in [1.82, 2.24) is 10.2 Å². The molecule has 0 atom stereocenters. The van der Waals surface area contributed by atoms with E-state index in [4.69, 9.17) is 0 Å². The van der Waals surface area contributed by atoms with Crippen molar-refractivity contribution >= 4 is 16.4 Å². The summed E-state index contributed by atoms with van der Waals surface area (Å²) in [5.74, 6) is -0.101. The molecular weight excluding hydrogens is 371 g/mol. The number of carbonyl (C=O) groups excluding carboxylic acids is 1. The van der Waals surface area contributed by atoms with Crippen molar-refractivity contribution in [2.24, 2.45) is 0 Å². The first-order valence-corrected chi connectivity index (χ1v) is 10.0. The highest BCUT2D eigenvalue weighted by molar-refractivity contribution is 7.81. The number of halogens is 1. The monoisotopic (exact) mass is 392 g/mol. The van der Waals surface area contributed by atoms with Gasteiger partial charge in [-0.25, -0.2) is 0 Å². The van der Waals surface area contributed by atoms with Gasteiger partial charge < -0.3 is 9.50 Å². The Kier molecular flexibility index (Phi) is 6.08. The maximum absolute atomic E-state index is 12.5. The quantitative estimate of drug-likeness (QED) is 0.765. The Balaban J connectivity index is 1.46. The summed E-state index contributed by atoms with van der Waals surface area (Å²) in [7, 11) is -5.00. The van der Waals surface area contributed by atoms with Gasteiger partial charge in [-0.2, -0.15) is 8.42 Å². The standard InChI is InChI=1S/C19H21FN2O4S/c20-27(24,25)26-18-8-6-15(7-9-18)14-22-12-10-17(11-13-22)21-19(23)16-4-2-1-3-5-16/h1-9,17H,10-14H2,(H,21,23). The molecule has 1 N–H and O–H groups in total. The highest BCUT2D eigenvalue weighted by atomic mass is 32.3. The molecule has 144 valence electrons. The van der Waals surface area contributed by atoms with Gasteiger partial charge in [0.1, 0.15) is 5.75 Å². The number of piperidine rings is 1. The van der Waals surface area contributed by atoms with Gasteiger partial charge in [0.2, 0.25) is 0 Å². The number of hydrogen-bond acceptors (Lipinski definition) is 5. The molecule has 27 heavy (non-hydrogen) atoms. The predicted octanol–water partition coefficient (Wildman–Crippen LogP) is 2.67. The third kappa shape index (κ3) is 6.04. The molecule has 0 aliphatic carbocycles. The lowest BCUT2D eigenvalue weighted by atomic mass is 10.0. The summed E-state index contributed by atoms with van der Waals surface area (Å²) in [6.07, 6.45) is 1.72. The lowest BCUT2D eigenvalue weighted by Gasteiger charge is -2.32. The molecule has 1 amide bonds. The topological polar surface area (TPSA) is 75.7 Å². The Hall–Kier alpha value is -2.45. The number of amides is 1. The molecule has 0 radical (unpaired) electrons. The minimum atomic E-state index is -5.00. The number of nitrogens with one attached hydrogen (secondary N) is 1. The van der Waals surface area contributed by atoms with Gasteiger partial charge in [0.25, 0.3) is 5.91 Å². The Morgan fingerprint density at radius 2 is 1.70 bits per heavy atom. The van der Waals surface area contributed by atoms with Crippen LogP contribution in [-0.4, -0.2) is 38.4 Å². The fraction of sp³-hybridized carbons (Fsp3) is 0.316. The van der Waals surface area contributed by atoms with E-state index < -0.39 is 10.5 Å². The van der Waals surface area contributed by atoms with Crippen LogP contribution in [0.4, 0.5) is 3.89 Å². The molecule has 2 aromatic rings. The van der Waals surface area contributed by atoms with E-state index in [1.807, 2.05) is 18.2 Å². The first-order valence-electron chi connectivity index (χ1n) is 8.70. The van der Waals surface area contributed by atoms with E-state index in [1.165, 1.54) is 12.1 Å². The smallest absolute Gasteiger partial charge is 0.358 e. The van der Waals surface area contributed by atoms with E-state index in [0.29, 0.717) is 12.1 Å². The number of nitrogens with zero attached hydrogens (tertiary/aromatic N) is 1. The summed E-state index contributed by atoms with van der Waals surface area (Å²) in [6.45, 7) is 2.38. The first kappa shape index (κ1) is 19.3. The van der Waals surface area contributed by atoms with Gasteiger partial charge >= 0.3 is 10.5 Å². The average Bonchev–Trinajstić information content (AvgIpc) is 2.64. The highest BCUT2D eigenvalue weighted by Gasteiger charge is 2.21. The summed E-state index contributed by atoms with van der Waals surface area (Å²) < 4.78 is 37.6. The van der Waals surface area contributed by atoms with Crippen LogP contribution in [0.3, 0.4) is 0 Å². The van der Waals surface area contributed by atoms with E-state index in [9.17, 15) is 17.1 Å². The van der Waals surface area contributed by atoms with Crippen LogP contribution in [0.25, 0.3) is 0 Å². The largest absolute Gasteiger partial charge is 0.488 e. The minimum absolute atomic E-state index is 0.0487. The number of carbonyl (C=O) groups is 1. The number of hydrogen-bond donors (Lipinski definition) is 1. The summed E-state index contributed by atoms with van der Waals surface area (Å²) in [5.41, 5.74) is 1.64. The second-order valence-corrected chi connectivity index (χ2v) is 7.46. The molecule has 0 saturated carbocycles. The van der Waals surface area contributed by atoms with Crippen LogP contribution < -0.4 is 9.50 Å². The number of rotatable bonds is 6. The Labute approximate surface area is 158 Å². The van der Waals surface area contributed by atoms with Gasteiger partial charge in [0, 0.05) is 31.2 Å². The second-order valence-electron chi connectivity index (χ2n) is 6.51. The molecule has 8 heteroatoms. The van der Waals surface area contributed by atoms with Gasteiger partial charge in [-0.3, -0.25) is 9.69 Å². The van der Waals surface area contributed by atoms with Crippen molar-refractivity contribution in [3.63, 3.8) is 0 Å². The molecule has 3 rings (SSSR count). The van der Waals surface area contributed by atoms with Crippen LogP contribution in [-0.2, 0) is 17.0 Å². The van der Waals surface area contributed by atoms with Gasteiger partial charge in [-0.05, 0) is 42.7 Å². The van der Waals surface area contributed by atoms with Crippen molar-refractivity contribution in [2.75, 3.05) is 13.1 Å². The maximum Gasteiger partial charge on any atom is 0.488 e. The van der Waals surface area contributed by atoms with Gasteiger partial charge in [-0.1, -0.05) is 34.2 Å². The fourth-order valence-electron chi connectivity index (χ4n) is 3.12. The summed E-state index contributed by atoms with van der Waals surface area (Å²) in [4.78, 5) is 14.5. The molecule has 0 bridgehead atoms. The van der Waals surface area contributed by atoms with Crippen LogP contribution in [0, 0.1) is 0 Å². The molecular formula is C19H21FN2O4S. The molecule has 1 aliphatic rings. The Morgan fingerprint density at radius 1 is 1.07 bits per heavy atom. The summed E-state index contributed by atoms with van der Waals surface area (Å²) in [5, 5.41) is 3.07. The SMILES string of the molecule is O=C(NC1CCN(Cc2ccc(OS(=O)(=O)F)cc2)CC1)c1ccccc1. The van der Waals surface area contributed by atoms with Crippen molar-refractivity contribution < 1.29 is 21.3 Å². The Morgan fingerprint density at radius 3 is 2.30 bits per heavy atom. The number of likely N-dealkylation sites (tertiary alicyclic amines) is 1. The van der Waals surface area contributed by atoms with Crippen LogP contribution >= 0.6 is 0 Å². The summed E-state index contributed by atoms with van der Waals surface area (Å²) in [6, 6.07) is 15.6. The summed E-state index contributed by atoms with van der Waals surface area (Å²) >= 11 is 0. The predicted molar refractivity (Wildman–Crippen MR) is 99.3 cm³/mol. The zero-order valence-electron chi connectivity index (χ0n) is 14.7. The minimum Gasteiger partial charge on any atom is -0.358 e. The van der Waals surface area contributed by atoms with Crippen LogP contribution in [0.15, 0.2) is 54.6 Å². The van der Waals surface area contributed by atoms with Crippen molar-refractivity contribution in [3.8, 4) is 5.75 Å². The Bertz CT molecular complexity index is 864. The third-order valence-corrected chi connectivity index (χ3v) is 4.88. The van der Waals surface area contributed by atoms with E-state index in [1.54, 1.807) is 24.3 Å². The highest BCUT2D eigenvalue weighted by Crippen LogP contribution is 2.18. The van der Waals surface area contributed by atoms with Gasteiger partial charge in [0.05, 0.1) is 0 Å².